The Kier molecular flexibility index (Phi) is 7.45. The van der Waals surface area contributed by atoms with Crippen molar-refractivity contribution >= 4 is 5.69 Å². The maximum absolute atomic E-state index is 5.19. The third kappa shape index (κ3) is 5.17. The Hall–Kier alpha value is -1.13. The average molecular weight is 265 g/mol. The van der Waals surface area contributed by atoms with E-state index in [0.717, 1.165) is 44.9 Å². The SMILES string of the molecule is CCCNCc1cnc(C)cc1N(CC)CCOC. The second-order valence-corrected chi connectivity index (χ2v) is 4.70. The van der Waals surface area contributed by atoms with E-state index in [-0.39, 0.29) is 0 Å². The standard InChI is InChI=1S/C15H27N3O/c1-5-7-16-11-14-12-17-13(3)10-15(14)18(6-2)8-9-19-4/h10,12,16H,5-9,11H2,1-4H3. The predicted octanol–water partition coefficient (Wildman–Crippen LogP) is 2.36. The molecule has 1 aromatic rings. The van der Waals surface area contributed by atoms with Gasteiger partial charge >= 0.3 is 0 Å². The van der Waals surface area contributed by atoms with E-state index < -0.39 is 0 Å². The minimum absolute atomic E-state index is 0.747. The lowest BCUT2D eigenvalue weighted by atomic mass is 10.1. The fraction of sp³-hybridized carbons (Fsp3) is 0.667. The molecule has 0 bridgehead atoms. The van der Waals surface area contributed by atoms with E-state index >= 15 is 0 Å². The number of ether oxygens (including phenoxy) is 1. The number of likely N-dealkylation sites (N-methyl/N-ethyl adjacent to an activating group) is 1. The highest BCUT2D eigenvalue weighted by atomic mass is 16.5. The van der Waals surface area contributed by atoms with Gasteiger partial charge in [-0.15, -0.1) is 0 Å². The molecule has 0 atom stereocenters. The summed E-state index contributed by atoms with van der Waals surface area (Å²) in [4.78, 5) is 6.77. The first-order valence-electron chi connectivity index (χ1n) is 7.13. The van der Waals surface area contributed by atoms with Crippen LogP contribution >= 0.6 is 0 Å². The van der Waals surface area contributed by atoms with Crippen LogP contribution in [0.3, 0.4) is 0 Å². The molecule has 0 saturated carbocycles. The number of nitrogens with zero attached hydrogens (tertiary/aromatic N) is 2. The van der Waals surface area contributed by atoms with E-state index in [4.69, 9.17) is 4.74 Å². The summed E-state index contributed by atoms with van der Waals surface area (Å²) in [5, 5.41) is 3.45. The Morgan fingerprint density at radius 1 is 1.37 bits per heavy atom. The van der Waals surface area contributed by atoms with Crippen molar-refractivity contribution in [3.05, 3.63) is 23.5 Å². The third-order valence-corrected chi connectivity index (χ3v) is 3.13. The van der Waals surface area contributed by atoms with Gasteiger partial charge in [0.15, 0.2) is 0 Å². The van der Waals surface area contributed by atoms with Crippen LogP contribution in [0.25, 0.3) is 0 Å². The van der Waals surface area contributed by atoms with Crippen LogP contribution in [0.15, 0.2) is 12.3 Å². The van der Waals surface area contributed by atoms with E-state index in [0.29, 0.717) is 0 Å². The van der Waals surface area contributed by atoms with Gasteiger partial charge in [0.2, 0.25) is 0 Å². The van der Waals surface area contributed by atoms with Crippen LogP contribution in [0.1, 0.15) is 31.5 Å². The topological polar surface area (TPSA) is 37.4 Å². The first-order valence-corrected chi connectivity index (χ1v) is 7.13. The maximum Gasteiger partial charge on any atom is 0.0637 e. The van der Waals surface area contributed by atoms with Crippen LogP contribution in [-0.2, 0) is 11.3 Å². The Labute approximate surface area is 117 Å². The fourth-order valence-corrected chi connectivity index (χ4v) is 2.05. The Bertz CT molecular complexity index is 368. The molecule has 4 heteroatoms. The highest BCUT2D eigenvalue weighted by Gasteiger charge is 2.10. The second kappa shape index (κ2) is 8.88. The van der Waals surface area contributed by atoms with E-state index in [9.17, 15) is 0 Å². The smallest absolute Gasteiger partial charge is 0.0637 e. The first kappa shape index (κ1) is 15.9. The molecule has 0 aromatic carbocycles. The zero-order valence-corrected chi connectivity index (χ0v) is 12.7. The van der Waals surface area contributed by atoms with Crippen molar-refractivity contribution in [1.82, 2.24) is 10.3 Å². The molecule has 108 valence electrons. The molecule has 1 heterocycles. The second-order valence-electron chi connectivity index (χ2n) is 4.70. The van der Waals surface area contributed by atoms with Gasteiger partial charge in [-0.1, -0.05) is 6.92 Å². The van der Waals surface area contributed by atoms with Crippen LogP contribution in [0.5, 0.6) is 0 Å². The van der Waals surface area contributed by atoms with Gasteiger partial charge < -0.3 is 15.0 Å². The molecule has 0 amide bonds. The fourth-order valence-electron chi connectivity index (χ4n) is 2.05. The summed E-state index contributed by atoms with van der Waals surface area (Å²) in [6.45, 7) is 10.9. The Balaban J connectivity index is 2.84. The summed E-state index contributed by atoms with van der Waals surface area (Å²) < 4.78 is 5.19. The van der Waals surface area contributed by atoms with Crippen LogP contribution in [0.2, 0.25) is 0 Å². The normalized spacial score (nSPS) is 10.7. The highest BCUT2D eigenvalue weighted by Crippen LogP contribution is 2.20. The van der Waals surface area contributed by atoms with E-state index in [1.807, 2.05) is 13.1 Å². The lowest BCUT2D eigenvalue weighted by Crippen LogP contribution is -2.29. The molecular weight excluding hydrogens is 238 g/mol. The molecule has 0 aliphatic carbocycles. The monoisotopic (exact) mass is 265 g/mol. The molecule has 4 nitrogen and oxygen atoms in total. The van der Waals surface area contributed by atoms with Crippen molar-refractivity contribution in [3.63, 3.8) is 0 Å². The largest absolute Gasteiger partial charge is 0.383 e. The summed E-state index contributed by atoms with van der Waals surface area (Å²) >= 11 is 0. The van der Waals surface area contributed by atoms with Gasteiger partial charge in [0.25, 0.3) is 0 Å². The Morgan fingerprint density at radius 2 is 2.16 bits per heavy atom. The highest BCUT2D eigenvalue weighted by molar-refractivity contribution is 5.53. The summed E-state index contributed by atoms with van der Waals surface area (Å²) in [6, 6.07) is 2.17. The summed E-state index contributed by atoms with van der Waals surface area (Å²) in [5.41, 5.74) is 3.60. The van der Waals surface area contributed by atoms with Crippen LogP contribution in [-0.4, -0.2) is 38.3 Å². The molecule has 0 aliphatic rings. The summed E-state index contributed by atoms with van der Waals surface area (Å²) in [5.74, 6) is 0. The van der Waals surface area contributed by atoms with Gasteiger partial charge in [-0.3, -0.25) is 4.98 Å². The minimum atomic E-state index is 0.747. The predicted molar refractivity (Wildman–Crippen MR) is 80.7 cm³/mol. The number of methoxy groups -OCH3 is 1. The number of aryl methyl sites for hydroxylation is 1. The van der Waals surface area contributed by atoms with E-state index in [2.05, 4.69) is 35.1 Å². The lowest BCUT2D eigenvalue weighted by molar-refractivity contribution is 0.205. The van der Waals surface area contributed by atoms with Crippen molar-refractivity contribution in [1.29, 1.82) is 0 Å². The van der Waals surface area contributed by atoms with Crippen molar-refractivity contribution in [3.8, 4) is 0 Å². The molecule has 19 heavy (non-hydrogen) atoms. The van der Waals surface area contributed by atoms with Gasteiger partial charge in [0.1, 0.15) is 0 Å². The molecule has 0 aliphatic heterocycles. The van der Waals surface area contributed by atoms with Gasteiger partial charge in [-0.05, 0) is 32.9 Å². The number of nitrogens with one attached hydrogen (secondary N) is 1. The van der Waals surface area contributed by atoms with Crippen LogP contribution < -0.4 is 10.2 Å². The third-order valence-electron chi connectivity index (χ3n) is 3.13. The summed E-state index contributed by atoms with van der Waals surface area (Å²) in [7, 11) is 1.75. The van der Waals surface area contributed by atoms with Crippen molar-refractivity contribution in [2.75, 3.05) is 38.3 Å². The molecule has 1 aromatic heterocycles. The Morgan fingerprint density at radius 3 is 2.79 bits per heavy atom. The number of rotatable bonds is 9. The zero-order chi connectivity index (χ0) is 14.1. The van der Waals surface area contributed by atoms with Crippen molar-refractivity contribution in [2.24, 2.45) is 0 Å². The molecule has 0 unspecified atom stereocenters. The molecule has 1 rings (SSSR count). The molecule has 0 radical (unpaired) electrons. The van der Waals surface area contributed by atoms with Gasteiger partial charge in [-0.2, -0.15) is 0 Å². The van der Waals surface area contributed by atoms with Gasteiger partial charge in [0, 0.05) is 49.9 Å². The van der Waals surface area contributed by atoms with Crippen LogP contribution in [0, 0.1) is 6.92 Å². The zero-order valence-electron chi connectivity index (χ0n) is 12.7. The molecular formula is C15H27N3O. The number of hydrogen-bond donors (Lipinski definition) is 1. The summed E-state index contributed by atoms with van der Waals surface area (Å²) in [6.07, 6.45) is 3.14. The van der Waals surface area contributed by atoms with Crippen molar-refractivity contribution < 1.29 is 4.74 Å². The average Bonchev–Trinajstić information content (AvgIpc) is 2.42. The quantitative estimate of drug-likeness (QED) is 0.696. The van der Waals surface area contributed by atoms with E-state index in [1.165, 1.54) is 11.3 Å². The molecule has 0 fully saturated rings. The van der Waals surface area contributed by atoms with Crippen LogP contribution in [0.4, 0.5) is 5.69 Å². The van der Waals surface area contributed by atoms with Gasteiger partial charge in [-0.25, -0.2) is 0 Å². The molecule has 0 spiro atoms. The number of anilines is 1. The van der Waals surface area contributed by atoms with E-state index in [1.54, 1.807) is 7.11 Å². The van der Waals surface area contributed by atoms with Crippen molar-refractivity contribution in [2.45, 2.75) is 33.7 Å². The maximum atomic E-state index is 5.19. The minimum Gasteiger partial charge on any atom is -0.383 e. The number of pyridine rings is 1. The lowest BCUT2D eigenvalue weighted by Gasteiger charge is -2.25. The van der Waals surface area contributed by atoms with Gasteiger partial charge in [0.05, 0.1) is 6.61 Å². The molecule has 1 N–H and O–H groups in total. The number of hydrogen-bond acceptors (Lipinski definition) is 4. The molecule has 0 saturated heterocycles. The number of aromatic nitrogens is 1. The first-order chi connectivity index (χ1) is 9.22.